The van der Waals surface area contributed by atoms with E-state index >= 15 is 0 Å². The highest BCUT2D eigenvalue weighted by Crippen LogP contribution is 2.44. The van der Waals surface area contributed by atoms with Gasteiger partial charge in [0, 0.05) is 50.3 Å². The third-order valence-electron chi connectivity index (χ3n) is 8.05. The van der Waals surface area contributed by atoms with Gasteiger partial charge >= 0.3 is 0 Å². The average molecular weight is 569 g/mol. The molecular formula is C30H31Cl2N3O4. The quantitative estimate of drug-likeness (QED) is 0.224. The van der Waals surface area contributed by atoms with Crippen molar-refractivity contribution in [3.63, 3.8) is 0 Å². The van der Waals surface area contributed by atoms with Crippen molar-refractivity contribution in [1.29, 1.82) is 0 Å². The van der Waals surface area contributed by atoms with E-state index in [4.69, 9.17) is 27.9 Å². The number of non-ortho nitro benzene ring substituents is 1. The Morgan fingerprint density at radius 2 is 1.79 bits per heavy atom. The molecule has 2 heterocycles. The van der Waals surface area contributed by atoms with E-state index < -0.39 is 4.92 Å². The molecule has 3 aromatic carbocycles. The maximum atomic E-state index is 13.1. The van der Waals surface area contributed by atoms with Crippen LogP contribution in [0.1, 0.15) is 52.2 Å². The minimum Gasteiger partial charge on any atom is -0.365 e. The molecule has 0 saturated carbocycles. The number of likely N-dealkylation sites (N-methyl/N-ethyl adjacent to an activating group) is 1. The maximum absolute atomic E-state index is 13.1. The van der Waals surface area contributed by atoms with Gasteiger partial charge in [0.15, 0.2) is 0 Å². The number of hydrogen-bond acceptors (Lipinski definition) is 5. The molecule has 1 amide bonds. The van der Waals surface area contributed by atoms with Crippen molar-refractivity contribution in [1.82, 2.24) is 9.80 Å². The van der Waals surface area contributed by atoms with Gasteiger partial charge in [0.25, 0.3) is 11.6 Å². The van der Waals surface area contributed by atoms with Crippen molar-refractivity contribution < 1.29 is 14.5 Å². The Morgan fingerprint density at radius 3 is 2.49 bits per heavy atom. The van der Waals surface area contributed by atoms with Gasteiger partial charge < -0.3 is 14.5 Å². The summed E-state index contributed by atoms with van der Waals surface area (Å²) >= 11 is 12.5. The van der Waals surface area contributed by atoms with Gasteiger partial charge in [0.05, 0.1) is 27.2 Å². The van der Waals surface area contributed by atoms with Gasteiger partial charge in [-0.3, -0.25) is 14.9 Å². The van der Waals surface area contributed by atoms with Crippen LogP contribution in [0.3, 0.4) is 0 Å². The smallest absolute Gasteiger partial charge is 0.269 e. The van der Waals surface area contributed by atoms with Crippen molar-refractivity contribution in [3.8, 4) is 0 Å². The predicted molar refractivity (Wildman–Crippen MR) is 152 cm³/mol. The Balaban J connectivity index is 1.25. The second-order valence-electron chi connectivity index (χ2n) is 10.4. The first-order valence-corrected chi connectivity index (χ1v) is 13.9. The molecule has 7 nitrogen and oxygen atoms in total. The number of rotatable bonds is 8. The maximum Gasteiger partial charge on any atom is 0.269 e. The van der Waals surface area contributed by atoms with Crippen molar-refractivity contribution >= 4 is 34.8 Å². The van der Waals surface area contributed by atoms with E-state index in [1.165, 1.54) is 35.4 Å². The van der Waals surface area contributed by atoms with E-state index in [0.29, 0.717) is 28.8 Å². The van der Waals surface area contributed by atoms with E-state index in [1.54, 1.807) is 18.0 Å². The summed E-state index contributed by atoms with van der Waals surface area (Å²) in [6.07, 6.45) is 2.75. The van der Waals surface area contributed by atoms with Crippen molar-refractivity contribution in [2.24, 2.45) is 0 Å². The number of halogens is 2. The molecule has 0 radical (unpaired) electrons. The first-order valence-electron chi connectivity index (χ1n) is 13.2. The number of likely N-dealkylation sites (tertiary alicyclic amines) is 1. The Hall–Kier alpha value is -2.97. The molecule has 0 unspecified atom stereocenters. The standard InChI is InChI=1S/C30H31Cl2N3O4/c1-33(29(36)21-6-9-25(10-7-21)35(37)38)19-23(22-8-11-27(31)28(32)18-22)12-15-34-16-13-30(14-17-34)26-5-3-2-4-24(26)20-39-30/h2-11,18,23H,12-17,19-20H2,1H3/t23-/m1/s1. The molecule has 0 bridgehead atoms. The molecule has 2 aliphatic heterocycles. The minimum absolute atomic E-state index is 0.0334. The summed E-state index contributed by atoms with van der Waals surface area (Å²) in [5.74, 6) is -0.155. The topological polar surface area (TPSA) is 75.9 Å². The molecule has 0 aromatic heterocycles. The zero-order chi connectivity index (χ0) is 27.6. The van der Waals surface area contributed by atoms with E-state index in [0.717, 1.165) is 44.5 Å². The summed E-state index contributed by atoms with van der Waals surface area (Å²) in [6.45, 7) is 3.93. The number of piperidine rings is 1. The molecule has 1 atom stereocenters. The highest BCUT2D eigenvalue weighted by atomic mass is 35.5. The fourth-order valence-corrected chi connectivity index (χ4v) is 6.07. The van der Waals surface area contributed by atoms with Gasteiger partial charge in [-0.1, -0.05) is 53.5 Å². The molecule has 1 saturated heterocycles. The lowest BCUT2D eigenvalue weighted by molar-refractivity contribution is -0.384. The molecule has 0 aliphatic carbocycles. The van der Waals surface area contributed by atoms with Crippen LogP contribution in [-0.2, 0) is 16.9 Å². The van der Waals surface area contributed by atoms with E-state index in [2.05, 4.69) is 29.2 Å². The number of amides is 1. The Morgan fingerprint density at radius 1 is 1.08 bits per heavy atom. The van der Waals surface area contributed by atoms with Crippen molar-refractivity contribution in [2.75, 3.05) is 33.2 Å². The number of fused-ring (bicyclic) bond motifs is 2. The lowest BCUT2D eigenvalue weighted by Crippen LogP contribution is -2.43. The van der Waals surface area contributed by atoms with Crippen LogP contribution in [0.25, 0.3) is 0 Å². The van der Waals surface area contributed by atoms with Crippen LogP contribution in [0.5, 0.6) is 0 Å². The van der Waals surface area contributed by atoms with Gasteiger partial charge in [0.1, 0.15) is 0 Å². The first-order chi connectivity index (χ1) is 18.8. The van der Waals surface area contributed by atoms with Crippen molar-refractivity contribution in [2.45, 2.75) is 37.4 Å². The number of hydrogen-bond donors (Lipinski definition) is 0. The molecule has 1 fully saturated rings. The number of nitro groups is 1. The summed E-state index contributed by atoms with van der Waals surface area (Å²) in [7, 11) is 1.76. The summed E-state index contributed by atoms with van der Waals surface area (Å²) in [5.41, 5.74) is 3.85. The van der Waals surface area contributed by atoms with Crippen molar-refractivity contribution in [3.05, 3.63) is 109 Å². The molecule has 39 heavy (non-hydrogen) atoms. The summed E-state index contributed by atoms with van der Waals surface area (Å²) < 4.78 is 6.33. The Bertz CT molecular complexity index is 1360. The zero-order valence-corrected chi connectivity index (χ0v) is 23.3. The number of ether oxygens (including phenoxy) is 1. The molecule has 3 aromatic rings. The highest BCUT2D eigenvalue weighted by Gasteiger charge is 2.42. The number of nitro benzene ring substituents is 1. The van der Waals surface area contributed by atoms with Gasteiger partial charge in [-0.05, 0) is 66.8 Å². The van der Waals surface area contributed by atoms with E-state index in [9.17, 15) is 14.9 Å². The largest absolute Gasteiger partial charge is 0.365 e. The lowest BCUT2D eigenvalue weighted by atomic mass is 9.83. The second kappa shape index (κ2) is 11.6. The zero-order valence-electron chi connectivity index (χ0n) is 21.8. The van der Waals surface area contributed by atoms with Crippen LogP contribution in [0, 0.1) is 10.1 Å². The second-order valence-corrected chi connectivity index (χ2v) is 11.2. The molecular weight excluding hydrogens is 537 g/mol. The average Bonchev–Trinajstić information content (AvgIpc) is 3.31. The van der Waals surface area contributed by atoms with E-state index in [1.807, 2.05) is 12.1 Å². The molecule has 1 spiro atoms. The van der Waals surface area contributed by atoms with Crippen LogP contribution in [-0.4, -0.2) is 53.9 Å². The summed E-state index contributed by atoms with van der Waals surface area (Å²) in [5, 5.41) is 12.0. The molecule has 204 valence electrons. The predicted octanol–water partition coefficient (Wildman–Crippen LogP) is 6.67. The number of carbonyl (C=O) groups is 1. The minimum atomic E-state index is -0.474. The fourth-order valence-electron chi connectivity index (χ4n) is 5.76. The van der Waals surface area contributed by atoms with Gasteiger partial charge in [-0.15, -0.1) is 0 Å². The Labute approximate surface area is 238 Å². The van der Waals surface area contributed by atoms with Crippen LogP contribution >= 0.6 is 23.2 Å². The molecule has 0 N–H and O–H groups in total. The van der Waals surface area contributed by atoms with Crippen LogP contribution < -0.4 is 0 Å². The molecule has 5 rings (SSSR count). The lowest BCUT2D eigenvalue weighted by Gasteiger charge is -2.40. The summed E-state index contributed by atoms with van der Waals surface area (Å²) in [6, 6.07) is 19.9. The van der Waals surface area contributed by atoms with Crippen LogP contribution in [0.2, 0.25) is 10.0 Å². The SMILES string of the molecule is CN(C[C@@H](CCN1CCC2(CC1)OCc1ccccc12)c1ccc(Cl)c(Cl)c1)C(=O)c1ccc([N+](=O)[O-])cc1. The van der Waals surface area contributed by atoms with Gasteiger partial charge in [-0.2, -0.15) is 0 Å². The monoisotopic (exact) mass is 567 g/mol. The third kappa shape index (κ3) is 5.97. The van der Waals surface area contributed by atoms with Gasteiger partial charge in [-0.25, -0.2) is 0 Å². The van der Waals surface area contributed by atoms with Crippen LogP contribution in [0.15, 0.2) is 66.7 Å². The van der Waals surface area contributed by atoms with Gasteiger partial charge in [0.2, 0.25) is 0 Å². The highest BCUT2D eigenvalue weighted by molar-refractivity contribution is 6.42. The first kappa shape index (κ1) is 27.6. The number of carbonyl (C=O) groups excluding carboxylic acids is 1. The normalized spacial score (nSPS) is 17.1. The summed E-state index contributed by atoms with van der Waals surface area (Å²) in [4.78, 5) is 27.8. The third-order valence-corrected chi connectivity index (χ3v) is 8.79. The number of benzene rings is 3. The van der Waals surface area contributed by atoms with E-state index in [-0.39, 0.29) is 23.1 Å². The molecule has 9 heteroatoms. The molecule has 2 aliphatic rings. The van der Waals surface area contributed by atoms with Crippen LogP contribution in [0.4, 0.5) is 5.69 Å². The fraction of sp³-hybridized carbons (Fsp3) is 0.367. The number of nitrogens with zero attached hydrogens (tertiary/aromatic N) is 3. The Kier molecular flexibility index (Phi) is 8.24.